The van der Waals surface area contributed by atoms with Gasteiger partial charge in [-0.05, 0) is 30.5 Å². The number of nitrogens with one attached hydrogen (secondary N) is 1. The smallest absolute Gasteiger partial charge is 0.251 e. The van der Waals surface area contributed by atoms with Gasteiger partial charge in [0.15, 0.2) is 0 Å². The first kappa shape index (κ1) is 14.9. The highest BCUT2D eigenvalue weighted by Gasteiger charge is 2.17. The lowest BCUT2D eigenvalue weighted by Gasteiger charge is -2.21. The molecular weight excluding hydrogens is 257 g/mol. The van der Waals surface area contributed by atoms with Gasteiger partial charge in [-0.3, -0.25) is 4.79 Å². The summed E-state index contributed by atoms with van der Waals surface area (Å²) < 4.78 is 13.2. The maximum absolute atomic E-state index is 13.2. The van der Waals surface area contributed by atoms with Crippen LogP contribution < -0.4 is 5.32 Å². The molecular formula is C13H17ClFNO2. The third-order valence-electron chi connectivity index (χ3n) is 2.74. The van der Waals surface area contributed by atoms with E-state index in [1.54, 1.807) is 0 Å². The molecule has 0 saturated heterocycles. The third kappa shape index (κ3) is 3.96. The molecule has 100 valence electrons. The minimum Gasteiger partial charge on any atom is -0.396 e. The van der Waals surface area contributed by atoms with Gasteiger partial charge >= 0.3 is 0 Å². The van der Waals surface area contributed by atoms with Crippen LogP contribution in [0, 0.1) is 11.7 Å². The van der Waals surface area contributed by atoms with Crippen molar-refractivity contribution in [1.29, 1.82) is 0 Å². The topological polar surface area (TPSA) is 49.3 Å². The Hall–Kier alpha value is -1.13. The molecule has 0 spiro atoms. The van der Waals surface area contributed by atoms with E-state index in [1.807, 2.05) is 13.8 Å². The van der Waals surface area contributed by atoms with Crippen LogP contribution in [-0.2, 0) is 0 Å². The molecule has 0 bridgehead atoms. The maximum atomic E-state index is 13.2. The molecule has 0 aromatic heterocycles. The minimum absolute atomic E-state index is 0.00188. The van der Waals surface area contributed by atoms with Crippen LogP contribution in [0.5, 0.6) is 0 Å². The Morgan fingerprint density at radius 2 is 2.17 bits per heavy atom. The molecule has 0 saturated carbocycles. The monoisotopic (exact) mass is 273 g/mol. The third-order valence-corrected chi connectivity index (χ3v) is 3.05. The Labute approximate surface area is 111 Å². The number of hydrogen-bond donors (Lipinski definition) is 2. The van der Waals surface area contributed by atoms with Crippen LogP contribution in [0.4, 0.5) is 4.39 Å². The van der Waals surface area contributed by atoms with E-state index >= 15 is 0 Å². The van der Waals surface area contributed by atoms with Gasteiger partial charge in [-0.15, -0.1) is 0 Å². The molecule has 0 aliphatic carbocycles. The molecule has 1 aromatic rings. The molecule has 3 nitrogen and oxygen atoms in total. The molecule has 5 heteroatoms. The van der Waals surface area contributed by atoms with Crippen LogP contribution in [0.3, 0.4) is 0 Å². The van der Waals surface area contributed by atoms with Gasteiger partial charge in [-0.1, -0.05) is 25.4 Å². The average molecular weight is 274 g/mol. The molecule has 1 rings (SSSR count). The molecule has 0 fully saturated rings. The summed E-state index contributed by atoms with van der Waals surface area (Å²) in [7, 11) is 0. The van der Waals surface area contributed by atoms with Crippen LogP contribution in [0.15, 0.2) is 18.2 Å². The zero-order valence-electron chi connectivity index (χ0n) is 10.4. The lowest BCUT2D eigenvalue weighted by atomic mass is 10.0. The van der Waals surface area contributed by atoms with Crippen molar-refractivity contribution >= 4 is 17.5 Å². The van der Waals surface area contributed by atoms with Gasteiger partial charge in [-0.2, -0.15) is 0 Å². The van der Waals surface area contributed by atoms with Crippen LogP contribution in [0.25, 0.3) is 0 Å². The van der Waals surface area contributed by atoms with Crippen molar-refractivity contribution in [3.8, 4) is 0 Å². The van der Waals surface area contributed by atoms with E-state index in [-0.39, 0.29) is 35.1 Å². The van der Waals surface area contributed by atoms with Crippen molar-refractivity contribution in [2.45, 2.75) is 26.3 Å². The number of carbonyl (C=O) groups is 1. The van der Waals surface area contributed by atoms with E-state index in [9.17, 15) is 9.18 Å². The van der Waals surface area contributed by atoms with Crippen LogP contribution in [-0.4, -0.2) is 23.7 Å². The number of aliphatic hydroxyl groups is 1. The first-order valence-electron chi connectivity index (χ1n) is 5.82. The molecule has 1 amide bonds. The lowest BCUT2D eigenvalue weighted by molar-refractivity contribution is 0.0916. The molecule has 1 atom stereocenters. The van der Waals surface area contributed by atoms with E-state index in [2.05, 4.69) is 5.32 Å². The summed E-state index contributed by atoms with van der Waals surface area (Å²) in [5, 5.41) is 11.7. The Kier molecular flexibility index (Phi) is 5.56. The predicted octanol–water partition coefficient (Wildman–Crippen LogP) is 2.62. The van der Waals surface area contributed by atoms with Crippen molar-refractivity contribution in [1.82, 2.24) is 5.32 Å². The van der Waals surface area contributed by atoms with Gasteiger partial charge in [0, 0.05) is 18.2 Å². The van der Waals surface area contributed by atoms with Gasteiger partial charge in [0.2, 0.25) is 0 Å². The molecule has 18 heavy (non-hydrogen) atoms. The number of rotatable bonds is 5. The Morgan fingerprint density at radius 1 is 1.50 bits per heavy atom. The minimum atomic E-state index is -0.618. The number of carbonyl (C=O) groups excluding carboxylic acids is 1. The Bertz CT molecular complexity index is 423. The van der Waals surface area contributed by atoms with Gasteiger partial charge in [0.25, 0.3) is 5.91 Å². The fourth-order valence-electron chi connectivity index (χ4n) is 1.60. The average Bonchev–Trinajstić information content (AvgIpc) is 2.31. The van der Waals surface area contributed by atoms with Crippen molar-refractivity contribution in [3.05, 3.63) is 34.6 Å². The summed E-state index contributed by atoms with van der Waals surface area (Å²) in [5.41, 5.74) is 0.223. The van der Waals surface area contributed by atoms with Crippen molar-refractivity contribution in [3.63, 3.8) is 0 Å². The first-order chi connectivity index (χ1) is 8.45. The van der Waals surface area contributed by atoms with E-state index in [0.29, 0.717) is 6.42 Å². The number of hydrogen-bond acceptors (Lipinski definition) is 2. The normalized spacial score (nSPS) is 12.6. The summed E-state index contributed by atoms with van der Waals surface area (Å²) >= 11 is 5.55. The molecule has 0 aliphatic rings. The summed E-state index contributed by atoms with van der Waals surface area (Å²) in [5.74, 6) is -0.788. The highest BCUT2D eigenvalue weighted by Crippen LogP contribution is 2.16. The number of aliphatic hydroxyl groups excluding tert-OH is 1. The second kappa shape index (κ2) is 6.71. The SMILES string of the molecule is CC(C)C(CCO)NC(=O)c1ccc(Cl)c(F)c1. The van der Waals surface area contributed by atoms with E-state index in [1.165, 1.54) is 12.1 Å². The van der Waals surface area contributed by atoms with Gasteiger partial charge in [-0.25, -0.2) is 4.39 Å². The molecule has 2 N–H and O–H groups in total. The van der Waals surface area contributed by atoms with Crippen molar-refractivity contribution in [2.24, 2.45) is 5.92 Å². The fraction of sp³-hybridized carbons (Fsp3) is 0.462. The number of benzene rings is 1. The molecule has 0 aliphatic heterocycles. The largest absolute Gasteiger partial charge is 0.396 e. The second-order valence-corrected chi connectivity index (χ2v) is 4.87. The van der Waals surface area contributed by atoms with Crippen LogP contribution >= 0.6 is 11.6 Å². The Balaban J connectivity index is 2.77. The maximum Gasteiger partial charge on any atom is 0.251 e. The molecule has 1 aromatic carbocycles. The molecule has 0 heterocycles. The summed E-state index contributed by atoms with van der Waals surface area (Å²) in [6, 6.07) is 3.79. The van der Waals surface area contributed by atoms with Gasteiger partial charge in [0.1, 0.15) is 5.82 Å². The fourth-order valence-corrected chi connectivity index (χ4v) is 1.72. The molecule has 0 radical (unpaired) electrons. The van der Waals surface area contributed by atoms with Crippen molar-refractivity contribution in [2.75, 3.05) is 6.61 Å². The molecule has 1 unspecified atom stereocenters. The number of halogens is 2. The highest BCUT2D eigenvalue weighted by atomic mass is 35.5. The van der Waals surface area contributed by atoms with Gasteiger partial charge in [0.05, 0.1) is 5.02 Å². The van der Waals surface area contributed by atoms with Crippen molar-refractivity contribution < 1.29 is 14.3 Å². The van der Waals surface area contributed by atoms with Crippen LogP contribution in [0.2, 0.25) is 5.02 Å². The van der Waals surface area contributed by atoms with E-state index in [4.69, 9.17) is 16.7 Å². The summed E-state index contributed by atoms with van der Waals surface area (Å²) in [6.07, 6.45) is 0.472. The zero-order chi connectivity index (χ0) is 13.7. The predicted molar refractivity (Wildman–Crippen MR) is 69.2 cm³/mol. The van der Waals surface area contributed by atoms with E-state index in [0.717, 1.165) is 6.07 Å². The first-order valence-corrected chi connectivity index (χ1v) is 6.20. The standard InChI is InChI=1S/C13H17ClFNO2/c1-8(2)12(5-6-17)16-13(18)9-3-4-10(14)11(15)7-9/h3-4,7-8,12,17H,5-6H2,1-2H3,(H,16,18). The quantitative estimate of drug-likeness (QED) is 0.866. The summed E-state index contributed by atoms with van der Waals surface area (Å²) in [4.78, 5) is 11.9. The van der Waals surface area contributed by atoms with Crippen LogP contribution in [0.1, 0.15) is 30.6 Å². The van der Waals surface area contributed by atoms with E-state index < -0.39 is 5.82 Å². The highest BCUT2D eigenvalue weighted by molar-refractivity contribution is 6.30. The Morgan fingerprint density at radius 3 is 2.67 bits per heavy atom. The van der Waals surface area contributed by atoms with Gasteiger partial charge < -0.3 is 10.4 Å². The summed E-state index contributed by atoms with van der Waals surface area (Å²) in [6.45, 7) is 3.89. The second-order valence-electron chi connectivity index (χ2n) is 4.47. The zero-order valence-corrected chi connectivity index (χ0v) is 11.2. The lowest BCUT2D eigenvalue weighted by Crippen LogP contribution is -2.39. The number of amides is 1.